The molecule has 0 aliphatic heterocycles. The summed E-state index contributed by atoms with van der Waals surface area (Å²) in [6.45, 7) is 0.706. The van der Waals surface area contributed by atoms with Gasteiger partial charge in [0.1, 0.15) is 5.60 Å². The molecule has 5 rings (SSSR count). The van der Waals surface area contributed by atoms with Gasteiger partial charge >= 0.3 is 0 Å². The molecule has 0 fully saturated rings. The van der Waals surface area contributed by atoms with Gasteiger partial charge in [-0.15, -0.1) is 0 Å². The largest absolute Gasteiger partial charge is 0.481 e. The van der Waals surface area contributed by atoms with E-state index in [-0.39, 0.29) is 0 Å². The molecular weight excluding hydrogens is 524 g/mol. The summed E-state index contributed by atoms with van der Waals surface area (Å²) in [7, 11) is 5.73. The predicted octanol–water partition coefficient (Wildman–Crippen LogP) is 7.13. The van der Waals surface area contributed by atoms with Crippen LogP contribution in [-0.4, -0.2) is 42.7 Å². The minimum atomic E-state index is -1.25. The predicted molar refractivity (Wildman–Crippen MR) is 155 cm³/mol. The van der Waals surface area contributed by atoms with Crippen LogP contribution in [0.3, 0.4) is 0 Å². The third-order valence-corrected chi connectivity index (χ3v) is 7.57. The molecule has 5 heteroatoms. The number of pyridine rings is 1. The molecule has 188 valence electrons. The molecule has 0 spiro atoms. The van der Waals surface area contributed by atoms with Gasteiger partial charge in [-0.2, -0.15) is 0 Å². The smallest absolute Gasteiger partial charge is 0.217 e. The number of aliphatic hydroxyl groups is 1. The fraction of sp³-hybridized carbons (Fsp3) is 0.219. The van der Waals surface area contributed by atoms with Gasteiger partial charge in [0.25, 0.3) is 0 Å². The van der Waals surface area contributed by atoms with Crippen LogP contribution in [0.2, 0.25) is 0 Å². The highest BCUT2D eigenvalue weighted by atomic mass is 79.9. The highest BCUT2D eigenvalue weighted by molar-refractivity contribution is 9.10. The zero-order valence-corrected chi connectivity index (χ0v) is 22.9. The number of halogens is 1. The highest BCUT2D eigenvalue weighted by Gasteiger charge is 2.43. The number of benzene rings is 4. The Morgan fingerprint density at radius 1 is 0.892 bits per heavy atom. The van der Waals surface area contributed by atoms with E-state index in [1.165, 1.54) is 0 Å². The average Bonchev–Trinajstić information content (AvgIpc) is 2.92. The molecular formula is C32H31BrN2O2. The average molecular weight is 556 g/mol. The Bertz CT molecular complexity index is 1530. The topological polar surface area (TPSA) is 45.6 Å². The lowest BCUT2D eigenvalue weighted by atomic mass is 9.70. The van der Waals surface area contributed by atoms with E-state index in [4.69, 9.17) is 9.72 Å². The van der Waals surface area contributed by atoms with Crippen LogP contribution in [0.25, 0.3) is 21.7 Å². The first-order valence-electron chi connectivity index (χ1n) is 12.4. The first-order chi connectivity index (χ1) is 17.9. The molecule has 0 saturated carbocycles. The van der Waals surface area contributed by atoms with Gasteiger partial charge in [-0.3, -0.25) is 0 Å². The van der Waals surface area contributed by atoms with E-state index in [0.29, 0.717) is 18.8 Å². The van der Waals surface area contributed by atoms with Crippen molar-refractivity contribution < 1.29 is 9.84 Å². The number of ether oxygens (including phenoxy) is 1. The number of nitrogens with zero attached hydrogens (tertiary/aromatic N) is 2. The number of hydrogen-bond acceptors (Lipinski definition) is 4. The summed E-state index contributed by atoms with van der Waals surface area (Å²) in [4.78, 5) is 7.00. The number of fused-ring (bicyclic) bond motifs is 2. The Morgan fingerprint density at radius 3 is 2.38 bits per heavy atom. The number of hydrogen-bond donors (Lipinski definition) is 1. The van der Waals surface area contributed by atoms with Crippen molar-refractivity contribution in [3.63, 3.8) is 0 Å². The third-order valence-electron chi connectivity index (χ3n) is 7.08. The van der Waals surface area contributed by atoms with Crippen molar-refractivity contribution in [1.82, 2.24) is 9.88 Å². The summed E-state index contributed by atoms with van der Waals surface area (Å²) < 4.78 is 6.86. The quantitative estimate of drug-likeness (QED) is 0.221. The summed E-state index contributed by atoms with van der Waals surface area (Å²) in [6, 6.07) is 32.8. The van der Waals surface area contributed by atoms with Crippen LogP contribution in [0.15, 0.2) is 102 Å². The van der Waals surface area contributed by atoms with Gasteiger partial charge in [0, 0.05) is 27.9 Å². The molecule has 4 nitrogen and oxygen atoms in total. The zero-order valence-electron chi connectivity index (χ0n) is 21.4. The molecule has 2 atom stereocenters. The number of methoxy groups -OCH3 is 1. The van der Waals surface area contributed by atoms with Crippen molar-refractivity contribution in [2.75, 3.05) is 27.7 Å². The van der Waals surface area contributed by atoms with E-state index in [0.717, 1.165) is 42.8 Å². The molecule has 0 aliphatic carbocycles. The van der Waals surface area contributed by atoms with E-state index in [9.17, 15) is 5.11 Å². The van der Waals surface area contributed by atoms with Gasteiger partial charge in [0.15, 0.2) is 0 Å². The van der Waals surface area contributed by atoms with E-state index in [2.05, 4.69) is 69.4 Å². The van der Waals surface area contributed by atoms with Crippen molar-refractivity contribution in [2.45, 2.75) is 17.9 Å². The lowest BCUT2D eigenvalue weighted by Gasteiger charge is -2.39. The van der Waals surface area contributed by atoms with Gasteiger partial charge < -0.3 is 14.7 Å². The number of aromatic nitrogens is 1. The van der Waals surface area contributed by atoms with Crippen LogP contribution in [0.4, 0.5) is 0 Å². The van der Waals surface area contributed by atoms with Crippen LogP contribution in [0.1, 0.15) is 29.0 Å². The van der Waals surface area contributed by atoms with Crippen molar-refractivity contribution in [2.24, 2.45) is 0 Å². The molecule has 1 N–H and O–H groups in total. The molecule has 1 heterocycles. The fourth-order valence-electron chi connectivity index (χ4n) is 5.31. The van der Waals surface area contributed by atoms with Crippen molar-refractivity contribution in [1.29, 1.82) is 0 Å². The van der Waals surface area contributed by atoms with Gasteiger partial charge in [0.2, 0.25) is 5.88 Å². The van der Waals surface area contributed by atoms with E-state index >= 15 is 0 Å². The van der Waals surface area contributed by atoms with Crippen LogP contribution < -0.4 is 4.74 Å². The maximum atomic E-state index is 13.0. The third kappa shape index (κ3) is 4.99. The van der Waals surface area contributed by atoms with E-state index < -0.39 is 11.5 Å². The second-order valence-corrected chi connectivity index (χ2v) is 10.7. The minimum absolute atomic E-state index is 0.426. The molecule has 5 aromatic rings. The van der Waals surface area contributed by atoms with Crippen LogP contribution in [0.5, 0.6) is 5.88 Å². The lowest BCUT2D eigenvalue weighted by Crippen LogP contribution is -2.38. The van der Waals surface area contributed by atoms with Gasteiger partial charge in [0.05, 0.1) is 12.6 Å². The summed E-state index contributed by atoms with van der Waals surface area (Å²) in [5.41, 5.74) is 2.36. The molecule has 0 saturated heterocycles. The second kappa shape index (κ2) is 10.6. The lowest BCUT2D eigenvalue weighted by molar-refractivity contribution is 0.00520. The minimum Gasteiger partial charge on any atom is -0.481 e. The Hall–Kier alpha value is -3.25. The van der Waals surface area contributed by atoms with Crippen molar-refractivity contribution >= 4 is 37.6 Å². The van der Waals surface area contributed by atoms with Crippen molar-refractivity contribution in [3.8, 4) is 5.88 Å². The maximum absolute atomic E-state index is 13.0. The van der Waals surface area contributed by atoms with Gasteiger partial charge in [-0.05, 0) is 66.7 Å². The van der Waals surface area contributed by atoms with E-state index in [1.807, 2.05) is 62.6 Å². The summed E-state index contributed by atoms with van der Waals surface area (Å²) in [6.07, 6.45) is 0.521. The first kappa shape index (κ1) is 25.4. The molecule has 0 bridgehead atoms. The summed E-state index contributed by atoms with van der Waals surface area (Å²) in [5, 5.41) is 16.2. The molecule has 0 amide bonds. The Labute approximate surface area is 226 Å². The van der Waals surface area contributed by atoms with Gasteiger partial charge in [-0.25, -0.2) is 4.98 Å². The van der Waals surface area contributed by atoms with Crippen LogP contribution in [-0.2, 0) is 5.60 Å². The fourth-order valence-corrected chi connectivity index (χ4v) is 5.68. The molecule has 1 aromatic heterocycles. The van der Waals surface area contributed by atoms with Crippen LogP contribution in [0, 0.1) is 0 Å². The SMILES string of the molecule is COc1nc2ccc(Br)cc2cc1[C@H](c1ccccc1)C(O)(CCN(C)C)c1cccc2ccccc12. The Balaban J connectivity index is 1.84. The molecule has 4 aromatic carbocycles. The normalized spacial score (nSPS) is 14.1. The van der Waals surface area contributed by atoms with Crippen molar-refractivity contribution in [3.05, 3.63) is 118 Å². The highest BCUT2D eigenvalue weighted by Crippen LogP contribution is 2.49. The Morgan fingerprint density at radius 2 is 1.62 bits per heavy atom. The molecule has 0 aliphatic rings. The van der Waals surface area contributed by atoms with E-state index in [1.54, 1.807) is 7.11 Å². The zero-order chi connectivity index (χ0) is 26.0. The monoisotopic (exact) mass is 554 g/mol. The molecule has 1 unspecified atom stereocenters. The number of rotatable bonds is 8. The second-order valence-electron chi connectivity index (χ2n) is 9.77. The van der Waals surface area contributed by atoms with Gasteiger partial charge in [-0.1, -0.05) is 88.7 Å². The molecule has 37 heavy (non-hydrogen) atoms. The Kier molecular flexibility index (Phi) is 7.29. The maximum Gasteiger partial charge on any atom is 0.217 e. The standard InChI is InChI=1S/C32H31BrN2O2/c1-35(2)19-18-32(36,28-15-9-13-22-10-7-8-14-26(22)28)30(23-11-5-4-6-12-23)27-21-24-20-25(33)16-17-29(24)34-31(27)37-3/h4-17,20-21,30,36H,18-19H2,1-3H3/t30-,32?/m0/s1. The summed E-state index contributed by atoms with van der Waals surface area (Å²) >= 11 is 3.60. The summed E-state index contributed by atoms with van der Waals surface area (Å²) in [5.74, 6) is 0.0949. The van der Waals surface area contributed by atoms with Crippen LogP contribution >= 0.6 is 15.9 Å². The molecule has 0 radical (unpaired) electrons. The first-order valence-corrected chi connectivity index (χ1v) is 13.2.